The average molecular weight is 175 g/mol. The minimum Gasteiger partial charge on any atom is -0.324 e. The zero-order valence-corrected chi connectivity index (χ0v) is 8.38. The van der Waals surface area contributed by atoms with Crippen LogP contribution in [-0.2, 0) is 6.42 Å². The van der Waals surface area contributed by atoms with Crippen molar-refractivity contribution in [2.45, 2.75) is 32.7 Å². The van der Waals surface area contributed by atoms with Gasteiger partial charge >= 0.3 is 0 Å². The number of aryl methyl sites for hydroxylation is 1. The van der Waals surface area contributed by atoms with E-state index in [0.717, 1.165) is 12.3 Å². The minimum absolute atomic E-state index is 0.263. The van der Waals surface area contributed by atoms with Crippen LogP contribution in [0.4, 0.5) is 0 Å². The van der Waals surface area contributed by atoms with Crippen LogP contribution in [0.2, 0.25) is 0 Å². The molecule has 0 amide bonds. The molecule has 1 aliphatic carbocycles. The summed E-state index contributed by atoms with van der Waals surface area (Å²) in [7, 11) is 0. The number of hydrogen-bond acceptors (Lipinski definition) is 1. The molecule has 1 nitrogen and oxygen atoms in total. The third-order valence-electron chi connectivity index (χ3n) is 2.93. The van der Waals surface area contributed by atoms with E-state index in [2.05, 4.69) is 32.0 Å². The highest BCUT2D eigenvalue weighted by Crippen LogP contribution is 2.31. The monoisotopic (exact) mass is 175 g/mol. The molecule has 0 spiro atoms. The standard InChI is InChI=1S/C12H17N/c1-8-3-4-10-5-9(2)7-12(13)11(10)6-8/h3-4,6,9,12H,5,7,13H2,1-2H3. The van der Waals surface area contributed by atoms with Crippen molar-refractivity contribution in [3.05, 3.63) is 34.9 Å². The van der Waals surface area contributed by atoms with Gasteiger partial charge in [-0.2, -0.15) is 0 Å². The van der Waals surface area contributed by atoms with Crippen LogP contribution in [0.25, 0.3) is 0 Å². The van der Waals surface area contributed by atoms with Crippen molar-refractivity contribution >= 4 is 0 Å². The summed E-state index contributed by atoms with van der Waals surface area (Å²) in [5.74, 6) is 0.741. The quantitative estimate of drug-likeness (QED) is 0.644. The van der Waals surface area contributed by atoms with Crippen LogP contribution in [-0.4, -0.2) is 0 Å². The van der Waals surface area contributed by atoms with E-state index >= 15 is 0 Å². The Morgan fingerprint density at radius 3 is 2.92 bits per heavy atom. The highest BCUT2D eigenvalue weighted by atomic mass is 14.6. The van der Waals surface area contributed by atoms with Gasteiger partial charge in [0.15, 0.2) is 0 Å². The van der Waals surface area contributed by atoms with Crippen molar-refractivity contribution in [3.8, 4) is 0 Å². The molecule has 70 valence electrons. The van der Waals surface area contributed by atoms with Gasteiger partial charge in [-0.1, -0.05) is 30.7 Å². The topological polar surface area (TPSA) is 26.0 Å². The Bertz CT molecular complexity index is 317. The molecular formula is C12H17N. The van der Waals surface area contributed by atoms with Gasteiger partial charge in [-0.15, -0.1) is 0 Å². The van der Waals surface area contributed by atoms with E-state index in [-0.39, 0.29) is 6.04 Å². The summed E-state index contributed by atoms with van der Waals surface area (Å²) in [4.78, 5) is 0. The summed E-state index contributed by atoms with van der Waals surface area (Å²) in [6.45, 7) is 4.41. The highest BCUT2D eigenvalue weighted by molar-refractivity contribution is 5.35. The molecule has 2 atom stereocenters. The summed E-state index contributed by atoms with van der Waals surface area (Å²) < 4.78 is 0. The van der Waals surface area contributed by atoms with Gasteiger partial charge in [0.1, 0.15) is 0 Å². The molecule has 0 saturated heterocycles. The zero-order chi connectivity index (χ0) is 9.42. The van der Waals surface area contributed by atoms with Crippen LogP contribution in [0.1, 0.15) is 36.1 Å². The maximum absolute atomic E-state index is 6.11. The van der Waals surface area contributed by atoms with Crippen LogP contribution in [0.15, 0.2) is 18.2 Å². The minimum atomic E-state index is 0.263. The second-order valence-electron chi connectivity index (χ2n) is 4.35. The fourth-order valence-electron chi connectivity index (χ4n) is 2.26. The molecule has 1 aromatic rings. The predicted octanol–water partition coefficient (Wildman–Crippen LogP) is 2.58. The van der Waals surface area contributed by atoms with Crippen molar-refractivity contribution in [1.82, 2.24) is 0 Å². The van der Waals surface area contributed by atoms with Crippen LogP contribution < -0.4 is 5.73 Å². The summed E-state index contributed by atoms with van der Waals surface area (Å²) in [6, 6.07) is 6.92. The predicted molar refractivity (Wildman–Crippen MR) is 55.6 cm³/mol. The summed E-state index contributed by atoms with van der Waals surface area (Å²) >= 11 is 0. The Hall–Kier alpha value is -0.820. The molecule has 0 bridgehead atoms. The van der Waals surface area contributed by atoms with Gasteiger partial charge in [0, 0.05) is 6.04 Å². The van der Waals surface area contributed by atoms with Crippen LogP contribution in [0.3, 0.4) is 0 Å². The number of fused-ring (bicyclic) bond motifs is 1. The molecule has 0 aromatic heterocycles. The Morgan fingerprint density at radius 2 is 2.15 bits per heavy atom. The first-order valence-corrected chi connectivity index (χ1v) is 5.02. The summed E-state index contributed by atoms with van der Waals surface area (Å²) in [5, 5.41) is 0. The van der Waals surface area contributed by atoms with Crippen molar-refractivity contribution in [3.63, 3.8) is 0 Å². The fraction of sp³-hybridized carbons (Fsp3) is 0.500. The van der Waals surface area contributed by atoms with Crippen molar-refractivity contribution < 1.29 is 0 Å². The second-order valence-corrected chi connectivity index (χ2v) is 4.35. The van der Waals surface area contributed by atoms with Gasteiger partial charge in [0.25, 0.3) is 0 Å². The molecule has 0 radical (unpaired) electrons. The molecule has 2 rings (SSSR count). The molecule has 0 saturated carbocycles. The van der Waals surface area contributed by atoms with Gasteiger partial charge in [-0.25, -0.2) is 0 Å². The van der Waals surface area contributed by atoms with Crippen LogP contribution in [0.5, 0.6) is 0 Å². The normalized spacial score (nSPS) is 27.0. The molecule has 2 unspecified atom stereocenters. The van der Waals surface area contributed by atoms with Crippen LogP contribution in [0, 0.1) is 12.8 Å². The molecule has 0 fully saturated rings. The smallest absolute Gasteiger partial charge is 0.0300 e. The van der Waals surface area contributed by atoms with Crippen LogP contribution >= 0.6 is 0 Å². The molecular weight excluding hydrogens is 158 g/mol. The highest BCUT2D eigenvalue weighted by Gasteiger charge is 2.21. The maximum atomic E-state index is 6.11. The largest absolute Gasteiger partial charge is 0.324 e. The average Bonchev–Trinajstić information content (AvgIpc) is 2.06. The number of benzene rings is 1. The van der Waals surface area contributed by atoms with E-state index in [1.165, 1.54) is 23.1 Å². The number of hydrogen-bond donors (Lipinski definition) is 1. The summed E-state index contributed by atoms with van der Waals surface area (Å²) in [6.07, 6.45) is 2.33. The van der Waals surface area contributed by atoms with E-state index in [9.17, 15) is 0 Å². The third-order valence-corrected chi connectivity index (χ3v) is 2.93. The fourth-order valence-corrected chi connectivity index (χ4v) is 2.26. The Kier molecular flexibility index (Phi) is 2.12. The number of nitrogens with two attached hydrogens (primary N) is 1. The first-order valence-electron chi connectivity index (χ1n) is 5.02. The lowest BCUT2D eigenvalue weighted by Crippen LogP contribution is -2.22. The van der Waals surface area contributed by atoms with Gasteiger partial charge < -0.3 is 5.73 Å². The number of rotatable bonds is 0. The van der Waals surface area contributed by atoms with Gasteiger partial charge in [-0.05, 0) is 36.8 Å². The third kappa shape index (κ3) is 1.61. The first-order chi connectivity index (χ1) is 6.16. The lowest BCUT2D eigenvalue weighted by atomic mass is 9.81. The van der Waals surface area contributed by atoms with Gasteiger partial charge in [0.2, 0.25) is 0 Å². The van der Waals surface area contributed by atoms with E-state index in [4.69, 9.17) is 5.73 Å². The molecule has 2 N–H and O–H groups in total. The van der Waals surface area contributed by atoms with E-state index in [1.54, 1.807) is 0 Å². The zero-order valence-electron chi connectivity index (χ0n) is 8.38. The maximum Gasteiger partial charge on any atom is 0.0300 e. The first kappa shape index (κ1) is 8.76. The molecule has 13 heavy (non-hydrogen) atoms. The van der Waals surface area contributed by atoms with Crippen molar-refractivity contribution in [1.29, 1.82) is 0 Å². The van der Waals surface area contributed by atoms with Gasteiger partial charge in [-0.3, -0.25) is 0 Å². The Labute approximate surface area is 80.0 Å². The summed E-state index contributed by atoms with van der Waals surface area (Å²) in [5.41, 5.74) is 10.3. The molecule has 1 aliphatic rings. The second kappa shape index (κ2) is 3.15. The lowest BCUT2D eigenvalue weighted by molar-refractivity contribution is 0.439. The Balaban J connectivity index is 2.43. The van der Waals surface area contributed by atoms with E-state index in [1.807, 2.05) is 0 Å². The SMILES string of the molecule is Cc1ccc2c(c1)C(N)CC(C)C2. The molecule has 1 heteroatoms. The van der Waals surface area contributed by atoms with E-state index in [0.29, 0.717) is 0 Å². The van der Waals surface area contributed by atoms with Crippen molar-refractivity contribution in [2.75, 3.05) is 0 Å². The lowest BCUT2D eigenvalue weighted by Gasteiger charge is -2.27. The molecule has 0 aliphatic heterocycles. The Morgan fingerprint density at radius 1 is 1.38 bits per heavy atom. The molecule has 1 aromatic carbocycles. The van der Waals surface area contributed by atoms with Gasteiger partial charge in [0.05, 0.1) is 0 Å². The van der Waals surface area contributed by atoms with Crippen molar-refractivity contribution in [2.24, 2.45) is 11.7 Å². The molecule has 0 heterocycles. The van der Waals surface area contributed by atoms with E-state index < -0.39 is 0 Å².